The Kier molecular flexibility index (Phi) is 7.90. The number of amides is 1. The van der Waals surface area contributed by atoms with E-state index in [4.69, 9.17) is 5.73 Å². The van der Waals surface area contributed by atoms with Crippen LogP contribution in [0, 0.1) is 12.8 Å². The Hall–Kier alpha value is -1.15. The molecule has 28 heavy (non-hydrogen) atoms. The van der Waals surface area contributed by atoms with E-state index >= 15 is 0 Å². The second-order valence-electron chi connectivity index (χ2n) is 8.10. The summed E-state index contributed by atoms with van der Waals surface area (Å²) in [6.45, 7) is 5.03. The predicted molar refractivity (Wildman–Crippen MR) is 113 cm³/mol. The van der Waals surface area contributed by atoms with E-state index in [1.165, 1.54) is 6.07 Å². The lowest BCUT2D eigenvalue weighted by atomic mass is 9.92. The van der Waals surface area contributed by atoms with Crippen LogP contribution in [0.2, 0.25) is 0 Å². The van der Waals surface area contributed by atoms with Gasteiger partial charge in [0.05, 0.1) is 4.90 Å². The Labute approximate surface area is 174 Å². The molecule has 158 valence electrons. The Bertz CT molecular complexity index is 794. The molecule has 0 spiro atoms. The van der Waals surface area contributed by atoms with Gasteiger partial charge in [0.15, 0.2) is 0 Å². The SMILES string of the molecule is Cc1ccc(C(=O)N2CCC(C)CC2CN)cc1S(=O)(=O)NC1CCCC1.Cl. The molecule has 6 nitrogen and oxygen atoms in total. The number of rotatable bonds is 5. The number of aryl methyl sites for hydroxylation is 1. The zero-order valence-electron chi connectivity index (χ0n) is 16.7. The molecule has 0 aromatic heterocycles. The molecule has 1 amide bonds. The largest absolute Gasteiger partial charge is 0.334 e. The van der Waals surface area contributed by atoms with Crippen molar-refractivity contribution in [3.8, 4) is 0 Å². The van der Waals surface area contributed by atoms with Crippen LogP contribution >= 0.6 is 12.4 Å². The van der Waals surface area contributed by atoms with Gasteiger partial charge >= 0.3 is 0 Å². The van der Waals surface area contributed by atoms with Crippen molar-refractivity contribution in [3.05, 3.63) is 29.3 Å². The Morgan fingerprint density at radius 2 is 1.93 bits per heavy atom. The van der Waals surface area contributed by atoms with Gasteiger partial charge in [-0.3, -0.25) is 4.79 Å². The number of carbonyl (C=O) groups is 1. The van der Waals surface area contributed by atoms with Gasteiger partial charge in [-0.2, -0.15) is 0 Å². The number of benzene rings is 1. The summed E-state index contributed by atoms with van der Waals surface area (Å²) in [5.74, 6) is 0.418. The normalized spacial score (nSPS) is 23.5. The number of hydrogen-bond acceptors (Lipinski definition) is 4. The van der Waals surface area contributed by atoms with E-state index in [-0.39, 0.29) is 35.3 Å². The maximum atomic E-state index is 13.1. The van der Waals surface area contributed by atoms with Gasteiger partial charge in [-0.05, 0) is 56.2 Å². The van der Waals surface area contributed by atoms with Crippen LogP contribution in [-0.2, 0) is 10.0 Å². The van der Waals surface area contributed by atoms with Gasteiger partial charge < -0.3 is 10.6 Å². The van der Waals surface area contributed by atoms with Crippen molar-refractivity contribution in [2.24, 2.45) is 11.7 Å². The molecule has 3 N–H and O–H groups in total. The van der Waals surface area contributed by atoms with Crippen molar-refractivity contribution >= 4 is 28.3 Å². The lowest BCUT2D eigenvalue weighted by Gasteiger charge is -2.38. The number of nitrogens with zero attached hydrogens (tertiary/aromatic N) is 1. The molecule has 0 radical (unpaired) electrons. The minimum absolute atomic E-state index is 0. The van der Waals surface area contributed by atoms with E-state index in [2.05, 4.69) is 11.6 Å². The quantitative estimate of drug-likeness (QED) is 0.752. The number of halogens is 1. The third-order valence-corrected chi connectivity index (χ3v) is 7.58. The lowest BCUT2D eigenvalue weighted by Crippen LogP contribution is -2.49. The molecule has 1 aliphatic heterocycles. The van der Waals surface area contributed by atoms with Crippen LogP contribution in [0.5, 0.6) is 0 Å². The smallest absolute Gasteiger partial charge is 0.254 e. The van der Waals surface area contributed by atoms with E-state index in [1.54, 1.807) is 19.1 Å². The zero-order chi connectivity index (χ0) is 19.6. The number of sulfonamides is 1. The number of hydrogen-bond donors (Lipinski definition) is 2. The van der Waals surface area contributed by atoms with Gasteiger partial charge in [0.25, 0.3) is 5.91 Å². The number of carbonyl (C=O) groups excluding carboxylic acids is 1. The topological polar surface area (TPSA) is 92.5 Å². The molecule has 1 aliphatic carbocycles. The number of nitrogens with one attached hydrogen (secondary N) is 1. The van der Waals surface area contributed by atoms with Gasteiger partial charge in [-0.25, -0.2) is 13.1 Å². The van der Waals surface area contributed by atoms with Gasteiger partial charge in [0.1, 0.15) is 0 Å². The third-order valence-electron chi connectivity index (χ3n) is 5.91. The minimum atomic E-state index is -3.63. The van der Waals surface area contributed by atoms with E-state index < -0.39 is 10.0 Å². The summed E-state index contributed by atoms with van der Waals surface area (Å²) < 4.78 is 28.5. The van der Waals surface area contributed by atoms with Crippen LogP contribution in [0.25, 0.3) is 0 Å². The van der Waals surface area contributed by atoms with Gasteiger partial charge in [0, 0.05) is 30.7 Å². The van der Waals surface area contributed by atoms with Gasteiger partial charge in [0.2, 0.25) is 10.0 Å². The van der Waals surface area contributed by atoms with Crippen molar-refractivity contribution in [2.75, 3.05) is 13.1 Å². The summed E-state index contributed by atoms with van der Waals surface area (Å²) in [6, 6.07) is 4.98. The first-order valence-electron chi connectivity index (χ1n) is 9.96. The summed E-state index contributed by atoms with van der Waals surface area (Å²) >= 11 is 0. The molecule has 8 heteroatoms. The molecule has 2 atom stereocenters. The molecule has 1 heterocycles. The molecule has 1 aromatic carbocycles. The highest BCUT2D eigenvalue weighted by molar-refractivity contribution is 7.89. The van der Waals surface area contributed by atoms with Crippen molar-refractivity contribution < 1.29 is 13.2 Å². The molecular weight excluding hydrogens is 398 g/mol. The van der Waals surface area contributed by atoms with Crippen LogP contribution in [0.4, 0.5) is 0 Å². The fourth-order valence-corrected chi connectivity index (χ4v) is 5.83. The Balaban J connectivity index is 0.00000280. The summed E-state index contributed by atoms with van der Waals surface area (Å²) in [5.41, 5.74) is 6.96. The zero-order valence-corrected chi connectivity index (χ0v) is 18.3. The van der Waals surface area contributed by atoms with Crippen molar-refractivity contribution in [1.82, 2.24) is 9.62 Å². The van der Waals surface area contributed by atoms with Crippen LogP contribution in [-0.4, -0.2) is 44.4 Å². The van der Waals surface area contributed by atoms with Crippen LogP contribution in [0.1, 0.15) is 61.4 Å². The lowest BCUT2D eigenvalue weighted by molar-refractivity contribution is 0.0573. The number of piperidine rings is 1. The highest BCUT2D eigenvalue weighted by Gasteiger charge is 2.31. The summed E-state index contributed by atoms with van der Waals surface area (Å²) in [7, 11) is -3.63. The van der Waals surface area contributed by atoms with E-state index in [0.29, 0.717) is 30.1 Å². The first kappa shape index (κ1) is 23.1. The van der Waals surface area contributed by atoms with Crippen molar-refractivity contribution in [1.29, 1.82) is 0 Å². The molecule has 1 saturated heterocycles. The van der Waals surface area contributed by atoms with E-state index in [9.17, 15) is 13.2 Å². The van der Waals surface area contributed by atoms with Crippen molar-refractivity contribution in [3.63, 3.8) is 0 Å². The fourth-order valence-electron chi connectivity index (χ4n) is 4.26. The second kappa shape index (κ2) is 9.57. The first-order chi connectivity index (χ1) is 12.8. The third kappa shape index (κ3) is 5.06. The monoisotopic (exact) mass is 429 g/mol. The molecule has 2 aliphatic rings. The summed E-state index contributed by atoms with van der Waals surface area (Å²) in [6.07, 6.45) is 5.70. The van der Waals surface area contributed by atoms with Crippen molar-refractivity contribution in [2.45, 2.75) is 69.4 Å². The first-order valence-corrected chi connectivity index (χ1v) is 11.4. The molecular formula is C20H32ClN3O3S. The maximum Gasteiger partial charge on any atom is 0.254 e. The second-order valence-corrected chi connectivity index (χ2v) is 9.78. The molecule has 3 rings (SSSR count). The Morgan fingerprint density at radius 3 is 2.57 bits per heavy atom. The van der Waals surface area contributed by atoms with E-state index in [0.717, 1.165) is 38.5 Å². The molecule has 0 bridgehead atoms. The predicted octanol–water partition coefficient (Wildman–Crippen LogP) is 2.84. The van der Waals surface area contributed by atoms with Crippen LogP contribution < -0.4 is 10.5 Å². The fraction of sp³-hybridized carbons (Fsp3) is 0.650. The maximum absolute atomic E-state index is 13.1. The highest BCUT2D eigenvalue weighted by atomic mass is 35.5. The number of likely N-dealkylation sites (tertiary alicyclic amines) is 1. The van der Waals surface area contributed by atoms with Crippen LogP contribution in [0.3, 0.4) is 0 Å². The molecule has 1 aromatic rings. The molecule has 1 saturated carbocycles. The molecule has 2 fully saturated rings. The number of nitrogens with two attached hydrogens (primary N) is 1. The Morgan fingerprint density at radius 1 is 1.25 bits per heavy atom. The average Bonchev–Trinajstić information content (AvgIpc) is 3.13. The standard InChI is InChI=1S/C20H31N3O3S.ClH/c1-14-9-10-23(18(11-14)13-21)20(24)16-8-7-15(2)19(12-16)27(25,26)22-17-5-3-4-6-17;/h7-8,12,14,17-18,22H,3-6,9-11,13,21H2,1-2H3;1H. The summed E-state index contributed by atoms with van der Waals surface area (Å²) in [5, 5.41) is 0. The van der Waals surface area contributed by atoms with Gasteiger partial charge in [-0.15, -0.1) is 12.4 Å². The average molecular weight is 430 g/mol. The molecule has 2 unspecified atom stereocenters. The minimum Gasteiger partial charge on any atom is -0.334 e. The van der Waals surface area contributed by atoms with Gasteiger partial charge in [-0.1, -0.05) is 25.8 Å². The summed E-state index contributed by atoms with van der Waals surface area (Å²) in [4.78, 5) is 15.1. The van der Waals surface area contributed by atoms with E-state index in [1.807, 2.05) is 4.90 Å². The highest BCUT2D eigenvalue weighted by Crippen LogP contribution is 2.26. The van der Waals surface area contributed by atoms with Crippen LogP contribution in [0.15, 0.2) is 23.1 Å².